The fraction of sp³-hybridized carbons (Fsp3) is 0.125. The van der Waals surface area contributed by atoms with Gasteiger partial charge in [0.1, 0.15) is 0 Å². The van der Waals surface area contributed by atoms with Crippen LogP contribution in [0.5, 0.6) is 0 Å². The molecular weight excluding hydrogens is 300 g/mol. The number of hydrogen-bond donors (Lipinski definition) is 1. The van der Waals surface area contributed by atoms with Crippen LogP contribution in [-0.2, 0) is 0 Å². The second kappa shape index (κ2) is 7.31. The van der Waals surface area contributed by atoms with Crippen molar-refractivity contribution in [2.24, 2.45) is 0 Å². The molecule has 0 atom stereocenters. The van der Waals surface area contributed by atoms with Crippen LogP contribution in [0.4, 0.5) is 5.69 Å². The lowest BCUT2D eigenvalue weighted by molar-refractivity contribution is 0.393. The normalized spacial score (nSPS) is 10.1. The zero-order valence-corrected chi connectivity index (χ0v) is 13.5. The summed E-state index contributed by atoms with van der Waals surface area (Å²) in [6.45, 7) is 0. The third-order valence-corrected chi connectivity index (χ3v) is 3.62. The van der Waals surface area contributed by atoms with E-state index in [1.807, 2.05) is 68.7 Å². The molecule has 0 saturated heterocycles. The van der Waals surface area contributed by atoms with Crippen LogP contribution in [0.3, 0.4) is 0 Å². The highest BCUT2D eigenvalue weighted by Gasteiger charge is 2.17. The Bertz CT molecular complexity index is 703. The maximum absolute atomic E-state index is 10.2. The van der Waals surface area contributed by atoms with E-state index in [0.717, 1.165) is 27.8 Å². The van der Waals surface area contributed by atoms with Gasteiger partial charge in [0.2, 0.25) is 5.17 Å². The van der Waals surface area contributed by atoms with E-state index >= 15 is 0 Å². The molecule has 0 unspecified atom stereocenters. The van der Waals surface area contributed by atoms with Crippen LogP contribution in [0, 0.1) is 0 Å². The molecule has 2 aromatic carbocycles. The fourth-order valence-corrected chi connectivity index (χ4v) is 2.74. The van der Waals surface area contributed by atoms with Crippen molar-refractivity contribution >= 4 is 38.3 Å². The minimum Gasteiger partial charge on any atom is -0.337 e. The number of aliphatic hydroxyl groups is 1. The molecule has 0 saturated carbocycles. The standard InChI is InChI=1S/C16H16N2OS2/c1-17(2)18(16(19)21-12-20)15-11-7-6-10-14(15)13-8-4-3-5-9-13/h3-11,19H,1-2H3. The first-order chi connectivity index (χ1) is 10.1. The summed E-state index contributed by atoms with van der Waals surface area (Å²) in [6.07, 6.45) is 0. The Balaban J connectivity index is 2.63. The van der Waals surface area contributed by atoms with Gasteiger partial charge in [-0.25, -0.2) is 10.0 Å². The van der Waals surface area contributed by atoms with Gasteiger partial charge in [0.05, 0.1) is 5.69 Å². The molecule has 1 N–H and O–H groups in total. The maximum Gasteiger partial charge on any atom is 0.227 e. The van der Waals surface area contributed by atoms with Crippen LogP contribution in [0.15, 0.2) is 54.6 Å². The van der Waals surface area contributed by atoms with Crippen LogP contribution in [-0.4, -0.2) is 33.7 Å². The largest absolute Gasteiger partial charge is 0.337 e. The number of benzene rings is 2. The lowest BCUT2D eigenvalue weighted by Crippen LogP contribution is -2.41. The Morgan fingerprint density at radius 2 is 1.67 bits per heavy atom. The number of rotatable bonds is 3. The van der Waals surface area contributed by atoms with Crippen molar-refractivity contribution in [2.75, 3.05) is 19.1 Å². The van der Waals surface area contributed by atoms with Crippen molar-refractivity contribution in [3.63, 3.8) is 0 Å². The number of para-hydroxylation sites is 1. The predicted molar refractivity (Wildman–Crippen MR) is 95.9 cm³/mol. The fourth-order valence-electron chi connectivity index (χ4n) is 2.09. The molecule has 0 aliphatic carbocycles. The Kier molecular flexibility index (Phi) is 5.44. The Morgan fingerprint density at radius 1 is 1.05 bits per heavy atom. The van der Waals surface area contributed by atoms with E-state index < -0.39 is 0 Å². The first kappa shape index (κ1) is 15.6. The topological polar surface area (TPSA) is 26.7 Å². The SMILES string of the molecule is CN(C)N(C(O)=S=C=S)c1ccccc1-c1ccccc1. The van der Waals surface area contributed by atoms with Crippen LogP contribution in [0.2, 0.25) is 0 Å². The van der Waals surface area contributed by atoms with Crippen molar-refractivity contribution in [2.45, 2.75) is 0 Å². The number of thiocarbonyl (C=S) groups is 1. The predicted octanol–water partition coefficient (Wildman–Crippen LogP) is 3.85. The van der Waals surface area contributed by atoms with Gasteiger partial charge in [-0.15, -0.1) is 0 Å². The van der Waals surface area contributed by atoms with Crippen LogP contribution < -0.4 is 5.01 Å². The van der Waals surface area contributed by atoms with Crippen molar-refractivity contribution in [3.8, 4) is 11.1 Å². The summed E-state index contributed by atoms with van der Waals surface area (Å²) in [5.74, 6) is 0. The quantitative estimate of drug-likeness (QED) is 0.687. The van der Waals surface area contributed by atoms with Crippen LogP contribution in [0.1, 0.15) is 0 Å². The van der Waals surface area contributed by atoms with Gasteiger partial charge >= 0.3 is 0 Å². The number of aliphatic hydroxyl groups excluding tert-OH is 1. The average Bonchev–Trinajstić information content (AvgIpc) is 2.49. The molecule has 0 amide bonds. The zero-order valence-electron chi connectivity index (χ0n) is 11.9. The Labute approximate surface area is 133 Å². The second-order valence-corrected chi connectivity index (χ2v) is 5.75. The third kappa shape index (κ3) is 3.67. The van der Waals surface area contributed by atoms with Gasteiger partial charge in [-0.05, 0) is 34.8 Å². The van der Waals surface area contributed by atoms with Gasteiger partial charge < -0.3 is 5.11 Å². The summed E-state index contributed by atoms with van der Waals surface area (Å²) >= 11 is 4.70. The summed E-state index contributed by atoms with van der Waals surface area (Å²) in [4.78, 5) is 0. The molecular formula is C16H16N2OS2. The lowest BCUT2D eigenvalue weighted by atomic mass is 10.0. The summed E-state index contributed by atoms with van der Waals surface area (Å²) in [7, 11) is 4.71. The molecule has 3 nitrogen and oxygen atoms in total. The molecule has 0 bridgehead atoms. The summed E-state index contributed by atoms with van der Waals surface area (Å²) in [5.41, 5.74) is 3.00. The van der Waals surface area contributed by atoms with Crippen LogP contribution in [0.25, 0.3) is 11.1 Å². The van der Waals surface area contributed by atoms with Gasteiger partial charge in [-0.2, -0.15) is 0 Å². The lowest BCUT2D eigenvalue weighted by Gasteiger charge is -2.30. The minimum absolute atomic E-state index is 0.0679. The van der Waals surface area contributed by atoms with Crippen molar-refractivity contribution in [1.29, 1.82) is 0 Å². The molecule has 5 heteroatoms. The van der Waals surface area contributed by atoms with Gasteiger partial charge in [0, 0.05) is 24.0 Å². The van der Waals surface area contributed by atoms with Crippen LogP contribution >= 0.6 is 23.2 Å². The number of anilines is 1. The highest BCUT2D eigenvalue weighted by atomic mass is 32.1. The summed E-state index contributed by atoms with van der Waals surface area (Å²) < 4.78 is 2.48. The maximum atomic E-state index is 10.2. The minimum atomic E-state index is 0.0679. The monoisotopic (exact) mass is 316 g/mol. The molecule has 0 aliphatic heterocycles. The first-order valence-electron chi connectivity index (χ1n) is 6.37. The smallest absolute Gasteiger partial charge is 0.227 e. The molecule has 0 spiro atoms. The number of hydrazine groups is 1. The third-order valence-electron chi connectivity index (χ3n) is 2.93. The van der Waals surface area contributed by atoms with E-state index in [0.29, 0.717) is 0 Å². The molecule has 2 rings (SSSR count). The van der Waals surface area contributed by atoms with Gasteiger partial charge in [0.25, 0.3) is 0 Å². The van der Waals surface area contributed by atoms with Gasteiger partial charge in [0.15, 0.2) is 0 Å². The highest BCUT2D eigenvalue weighted by Crippen LogP contribution is 2.31. The van der Waals surface area contributed by atoms with Gasteiger partial charge in [-0.1, -0.05) is 48.5 Å². The van der Waals surface area contributed by atoms with E-state index in [-0.39, 0.29) is 5.17 Å². The molecule has 21 heavy (non-hydrogen) atoms. The molecule has 0 radical (unpaired) electrons. The molecule has 0 aromatic heterocycles. The van der Waals surface area contributed by atoms with E-state index in [2.05, 4.69) is 4.31 Å². The first-order valence-corrected chi connectivity index (χ1v) is 7.59. The molecule has 0 fully saturated rings. The molecule has 108 valence electrons. The summed E-state index contributed by atoms with van der Waals surface area (Å²) in [6, 6.07) is 18.0. The second-order valence-electron chi connectivity index (χ2n) is 4.51. The van der Waals surface area contributed by atoms with Crippen molar-refractivity contribution in [1.82, 2.24) is 5.01 Å². The van der Waals surface area contributed by atoms with Crippen molar-refractivity contribution < 1.29 is 5.11 Å². The van der Waals surface area contributed by atoms with E-state index in [1.54, 1.807) is 10.0 Å². The van der Waals surface area contributed by atoms with E-state index in [9.17, 15) is 5.11 Å². The van der Waals surface area contributed by atoms with E-state index in [1.165, 1.54) is 0 Å². The highest BCUT2D eigenvalue weighted by molar-refractivity contribution is 8.04. The summed E-state index contributed by atoms with van der Waals surface area (Å²) in [5, 5.41) is 13.8. The Morgan fingerprint density at radius 3 is 2.29 bits per heavy atom. The van der Waals surface area contributed by atoms with Crippen molar-refractivity contribution in [3.05, 3.63) is 54.6 Å². The average molecular weight is 316 g/mol. The van der Waals surface area contributed by atoms with E-state index in [4.69, 9.17) is 12.2 Å². The molecule has 0 heterocycles. The van der Waals surface area contributed by atoms with Gasteiger partial charge in [-0.3, -0.25) is 0 Å². The number of nitrogens with zero attached hydrogens (tertiary/aromatic N) is 2. The zero-order chi connectivity index (χ0) is 15.2. The number of hydrogen-bond acceptors (Lipinski definition) is 2. The molecule has 0 aliphatic rings. The molecule has 2 aromatic rings. The Hall–Kier alpha value is -1.75.